The number of aryl methyl sites for hydroxylation is 1. The van der Waals surface area contributed by atoms with Crippen molar-refractivity contribution in [2.45, 2.75) is 19.9 Å². The minimum Gasteiger partial charge on any atom is -0.465 e. The molecule has 0 radical (unpaired) electrons. The number of methoxy groups -OCH3 is 1. The number of hydrogen-bond donors (Lipinski definition) is 0. The first kappa shape index (κ1) is 14.5. The number of para-hydroxylation sites is 1. The summed E-state index contributed by atoms with van der Waals surface area (Å²) >= 11 is 1.67. The van der Waals surface area contributed by atoms with Crippen molar-refractivity contribution in [1.82, 2.24) is 4.98 Å². The summed E-state index contributed by atoms with van der Waals surface area (Å²) in [6, 6.07) is 7.44. The van der Waals surface area contributed by atoms with Gasteiger partial charge in [-0.2, -0.15) is 0 Å². The number of anilines is 1. The highest BCUT2D eigenvalue weighted by atomic mass is 32.1. The topological polar surface area (TPSA) is 42.4 Å². The Morgan fingerprint density at radius 3 is 2.80 bits per heavy atom. The van der Waals surface area contributed by atoms with Gasteiger partial charge in [-0.15, -0.1) is 11.3 Å². The first-order valence-electron chi connectivity index (χ1n) is 6.47. The van der Waals surface area contributed by atoms with Crippen LogP contribution in [0.15, 0.2) is 29.6 Å². The third-order valence-electron chi connectivity index (χ3n) is 3.02. The largest absolute Gasteiger partial charge is 0.465 e. The Labute approximate surface area is 123 Å². The van der Waals surface area contributed by atoms with Gasteiger partial charge in [0.05, 0.1) is 35.6 Å². The predicted octanol–water partition coefficient (Wildman–Crippen LogP) is 3.13. The number of benzene rings is 1. The number of carbonyl (C=O) groups excluding carboxylic acids is 1. The van der Waals surface area contributed by atoms with Gasteiger partial charge in [0.25, 0.3) is 0 Å². The van der Waals surface area contributed by atoms with Crippen molar-refractivity contribution in [1.29, 1.82) is 0 Å². The summed E-state index contributed by atoms with van der Waals surface area (Å²) in [5.41, 5.74) is 2.45. The van der Waals surface area contributed by atoms with Crippen molar-refractivity contribution in [2.24, 2.45) is 0 Å². The van der Waals surface area contributed by atoms with Gasteiger partial charge in [0.15, 0.2) is 0 Å². The van der Waals surface area contributed by atoms with E-state index in [0.717, 1.165) is 22.8 Å². The summed E-state index contributed by atoms with van der Waals surface area (Å²) in [6.45, 7) is 2.77. The second-order valence-electron chi connectivity index (χ2n) is 4.45. The maximum Gasteiger partial charge on any atom is 0.339 e. The lowest BCUT2D eigenvalue weighted by atomic mass is 10.1. The molecule has 1 aromatic heterocycles. The molecule has 0 atom stereocenters. The van der Waals surface area contributed by atoms with Crippen LogP contribution in [-0.2, 0) is 17.7 Å². The van der Waals surface area contributed by atoms with Gasteiger partial charge in [-0.25, -0.2) is 9.78 Å². The van der Waals surface area contributed by atoms with E-state index in [9.17, 15) is 4.79 Å². The molecule has 1 heterocycles. The summed E-state index contributed by atoms with van der Waals surface area (Å²) < 4.78 is 4.82. The highest BCUT2D eigenvalue weighted by Gasteiger charge is 2.15. The molecule has 0 aliphatic carbocycles. The van der Waals surface area contributed by atoms with Crippen LogP contribution in [0.2, 0.25) is 0 Å². The lowest BCUT2D eigenvalue weighted by Gasteiger charge is -2.20. The van der Waals surface area contributed by atoms with Gasteiger partial charge in [0.2, 0.25) is 0 Å². The van der Waals surface area contributed by atoms with Crippen molar-refractivity contribution in [3.05, 3.63) is 45.9 Å². The monoisotopic (exact) mass is 290 g/mol. The summed E-state index contributed by atoms with van der Waals surface area (Å²) in [5.74, 6) is -0.319. The molecule has 0 amide bonds. The minimum atomic E-state index is -0.319. The number of ether oxygens (including phenoxy) is 1. The molecule has 2 rings (SSSR count). The molecule has 0 saturated carbocycles. The smallest absolute Gasteiger partial charge is 0.339 e. The van der Waals surface area contributed by atoms with Crippen molar-refractivity contribution in [3.8, 4) is 0 Å². The van der Waals surface area contributed by atoms with Crippen molar-refractivity contribution in [3.63, 3.8) is 0 Å². The van der Waals surface area contributed by atoms with Crippen LogP contribution >= 0.6 is 11.3 Å². The number of carbonyl (C=O) groups is 1. The van der Waals surface area contributed by atoms with E-state index in [1.165, 1.54) is 7.11 Å². The minimum absolute atomic E-state index is 0.319. The number of esters is 1. The molecule has 0 unspecified atom stereocenters. The zero-order valence-corrected chi connectivity index (χ0v) is 12.7. The molecule has 0 aliphatic rings. The molecular weight excluding hydrogens is 272 g/mol. The summed E-state index contributed by atoms with van der Waals surface area (Å²) in [4.78, 5) is 18.3. The standard InChI is InChI=1S/C15H18N2O2S/c1-4-14-16-11(10-20-14)9-17(2)13-8-6-5-7-12(13)15(18)19-3/h5-8,10H,4,9H2,1-3H3. The quantitative estimate of drug-likeness (QED) is 0.793. The molecule has 0 N–H and O–H groups in total. The van der Waals surface area contributed by atoms with E-state index in [1.807, 2.05) is 30.1 Å². The highest BCUT2D eigenvalue weighted by molar-refractivity contribution is 7.09. The molecule has 0 saturated heterocycles. The third-order valence-corrected chi connectivity index (χ3v) is 4.06. The maximum absolute atomic E-state index is 11.8. The molecule has 0 spiro atoms. The Bertz CT molecular complexity index is 595. The molecule has 2 aromatic rings. The van der Waals surface area contributed by atoms with Crippen LogP contribution < -0.4 is 4.90 Å². The Morgan fingerprint density at radius 2 is 2.15 bits per heavy atom. The molecule has 106 valence electrons. The third kappa shape index (κ3) is 3.17. The molecule has 5 heteroatoms. The van der Waals surface area contributed by atoms with Crippen LogP contribution in [0.25, 0.3) is 0 Å². The molecule has 1 aromatic carbocycles. The lowest BCUT2D eigenvalue weighted by Crippen LogP contribution is -2.20. The van der Waals surface area contributed by atoms with Crippen molar-refractivity contribution in [2.75, 3.05) is 19.1 Å². The fraction of sp³-hybridized carbons (Fsp3) is 0.333. The van der Waals surface area contributed by atoms with Crippen LogP contribution in [0.3, 0.4) is 0 Å². The first-order chi connectivity index (χ1) is 9.65. The fourth-order valence-corrected chi connectivity index (χ4v) is 2.74. The van der Waals surface area contributed by atoms with Crippen molar-refractivity contribution >= 4 is 23.0 Å². The molecule has 4 nitrogen and oxygen atoms in total. The fourth-order valence-electron chi connectivity index (χ4n) is 2.00. The molecule has 20 heavy (non-hydrogen) atoms. The normalized spacial score (nSPS) is 10.3. The van der Waals surface area contributed by atoms with Crippen LogP contribution in [0.1, 0.15) is 28.0 Å². The van der Waals surface area contributed by atoms with Gasteiger partial charge < -0.3 is 9.64 Å². The summed E-state index contributed by atoms with van der Waals surface area (Å²) in [7, 11) is 3.35. The van der Waals surface area contributed by atoms with E-state index < -0.39 is 0 Å². The zero-order chi connectivity index (χ0) is 14.5. The van der Waals surface area contributed by atoms with E-state index in [2.05, 4.69) is 17.3 Å². The van der Waals surface area contributed by atoms with Gasteiger partial charge in [-0.1, -0.05) is 19.1 Å². The van der Waals surface area contributed by atoms with E-state index in [0.29, 0.717) is 12.1 Å². The van der Waals surface area contributed by atoms with E-state index in [-0.39, 0.29) is 5.97 Å². The van der Waals surface area contributed by atoms with Crippen molar-refractivity contribution < 1.29 is 9.53 Å². The highest BCUT2D eigenvalue weighted by Crippen LogP contribution is 2.22. The molecule has 0 aliphatic heterocycles. The van der Waals surface area contributed by atoms with Gasteiger partial charge in [0, 0.05) is 12.4 Å². The van der Waals surface area contributed by atoms with E-state index in [1.54, 1.807) is 17.4 Å². The van der Waals surface area contributed by atoms with Gasteiger partial charge in [0.1, 0.15) is 0 Å². The molecule has 0 bridgehead atoms. The van der Waals surface area contributed by atoms with Gasteiger partial charge in [-0.05, 0) is 18.6 Å². The number of thiazole rings is 1. The number of rotatable bonds is 5. The van der Waals surface area contributed by atoms with Crippen LogP contribution in [-0.4, -0.2) is 25.1 Å². The lowest BCUT2D eigenvalue weighted by molar-refractivity contribution is 0.0601. The van der Waals surface area contributed by atoms with Gasteiger partial charge >= 0.3 is 5.97 Å². The van der Waals surface area contributed by atoms with E-state index in [4.69, 9.17) is 4.74 Å². The predicted molar refractivity (Wildman–Crippen MR) is 81.4 cm³/mol. The molecular formula is C15H18N2O2S. The number of hydrogen-bond acceptors (Lipinski definition) is 5. The van der Waals surface area contributed by atoms with Crippen LogP contribution in [0, 0.1) is 0 Å². The van der Waals surface area contributed by atoms with E-state index >= 15 is 0 Å². The summed E-state index contributed by atoms with van der Waals surface area (Å²) in [5, 5.41) is 3.20. The molecule has 0 fully saturated rings. The summed E-state index contributed by atoms with van der Waals surface area (Å²) in [6.07, 6.45) is 0.952. The number of aromatic nitrogens is 1. The Balaban J connectivity index is 2.20. The van der Waals surface area contributed by atoms with Crippen LogP contribution in [0.5, 0.6) is 0 Å². The zero-order valence-electron chi connectivity index (χ0n) is 11.9. The Hall–Kier alpha value is -1.88. The average molecular weight is 290 g/mol. The maximum atomic E-state index is 11.8. The Kier molecular flexibility index (Phi) is 4.74. The number of nitrogens with zero attached hydrogens (tertiary/aromatic N) is 2. The Morgan fingerprint density at radius 1 is 1.40 bits per heavy atom. The second kappa shape index (κ2) is 6.52. The average Bonchev–Trinajstić information content (AvgIpc) is 2.94. The second-order valence-corrected chi connectivity index (χ2v) is 5.39. The SMILES string of the molecule is CCc1nc(CN(C)c2ccccc2C(=O)OC)cs1. The van der Waals surface area contributed by atoms with Gasteiger partial charge in [-0.3, -0.25) is 0 Å². The van der Waals surface area contributed by atoms with Crippen LogP contribution in [0.4, 0.5) is 5.69 Å². The first-order valence-corrected chi connectivity index (χ1v) is 7.35.